The minimum atomic E-state index is 0.465. The number of methoxy groups -OCH3 is 1. The van der Waals surface area contributed by atoms with Crippen molar-refractivity contribution in [3.8, 4) is 11.7 Å². The van der Waals surface area contributed by atoms with E-state index < -0.39 is 0 Å². The Bertz CT molecular complexity index is 918. The third-order valence-electron chi connectivity index (χ3n) is 4.86. The molecule has 3 aromatic rings. The quantitative estimate of drug-likeness (QED) is 0.641. The summed E-state index contributed by atoms with van der Waals surface area (Å²) in [5, 5.41) is 0.465. The van der Waals surface area contributed by atoms with Gasteiger partial charge in [0.2, 0.25) is 0 Å². The van der Waals surface area contributed by atoms with Crippen molar-refractivity contribution in [2.45, 2.75) is 30.9 Å². The van der Waals surface area contributed by atoms with Gasteiger partial charge in [0.25, 0.3) is 0 Å². The first-order chi connectivity index (χ1) is 11.4. The van der Waals surface area contributed by atoms with Crippen molar-refractivity contribution in [1.29, 1.82) is 0 Å². The second-order valence-electron chi connectivity index (χ2n) is 6.15. The van der Waals surface area contributed by atoms with Gasteiger partial charge in [-0.15, -0.1) is 0 Å². The predicted octanol–water partition coefficient (Wildman–Crippen LogP) is 3.60. The Balaban J connectivity index is 1.84. The number of rotatable bonds is 1. The fourth-order valence-corrected chi connectivity index (χ4v) is 5.18. The van der Waals surface area contributed by atoms with Crippen LogP contribution < -0.4 is 9.30 Å². The van der Waals surface area contributed by atoms with Crippen molar-refractivity contribution in [1.82, 2.24) is 8.96 Å². The highest BCUT2D eigenvalue weighted by Crippen LogP contribution is 2.44. The first kappa shape index (κ1) is 13.4. The van der Waals surface area contributed by atoms with Gasteiger partial charge < -0.3 is 4.74 Å². The van der Waals surface area contributed by atoms with E-state index in [0.29, 0.717) is 5.25 Å². The normalized spacial score (nSPS) is 19.1. The lowest BCUT2D eigenvalue weighted by Gasteiger charge is -2.23. The summed E-state index contributed by atoms with van der Waals surface area (Å²) in [5.74, 6) is 2.03. The van der Waals surface area contributed by atoms with Crippen molar-refractivity contribution in [3.63, 3.8) is 0 Å². The second-order valence-corrected chi connectivity index (χ2v) is 7.30. The molecule has 0 radical (unpaired) electrons. The minimum Gasteiger partial charge on any atom is -0.496 e. The van der Waals surface area contributed by atoms with Gasteiger partial charge in [0.1, 0.15) is 11.4 Å². The minimum absolute atomic E-state index is 0.465. The number of fused-ring (bicyclic) bond motifs is 4. The molecule has 4 nitrogen and oxygen atoms in total. The molecule has 1 unspecified atom stereocenters. The molecule has 0 amide bonds. The third kappa shape index (κ3) is 1.86. The lowest BCUT2D eigenvalue weighted by Crippen LogP contribution is -2.43. The molecule has 1 aromatic carbocycles. The fraction of sp³-hybridized carbons (Fsp3) is 0.333. The van der Waals surface area contributed by atoms with E-state index in [1.807, 2.05) is 11.9 Å². The number of hydrogen-bond acceptors (Lipinski definition) is 3. The number of benzene rings is 1. The summed E-state index contributed by atoms with van der Waals surface area (Å²) < 4.78 is 10.2. The van der Waals surface area contributed by atoms with Crippen LogP contribution in [-0.4, -0.2) is 16.1 Å². The van der Waals surface area contributed by atoms with E-state index in [4.69, 9.17) is 9.72 Å². The first-order valence-electron chi connectivity index (χ1n) is 8.13. The Morgan fingerprint density at radius 2 is 2.17 bits per heavy atom. The monoisotopic (exact) mass is 324 g/mol. The lowest BCUT2D eigenvalue weighted by molar-refractivity contribution is -0.614. The molecule has 5 heteroatoms. The van der Waals surface area contributed by atoms with E-state index in [9.17, 15) is 0 Å². The van der Waals surface area contributed by atoms with Gasteiger partial charge in [0.05, 0.1) is 18.6 Å². The van der Waals surface area contributed by atoms with Crippen molar-refractivity contribution in [2.24, 2.45) is 0 Å². The Kier molecular flexibility index (Phi) is 2.92. The zero-order valence-corrected chi connectivity index (χ0v) is 13.8. The third-order valence-corrected chi connectivity index (χ3v) is 6.14. The average molecular weight is 324 g/mol. The topological polar surface area (TPSA) is 30.9 Å². The van der Waals surface area contributed by atoms with Crippen molar-refractivity contribution >= 4 is 23.0 Å². The number of para-hydroxylation sites is 2. The smallest absolute Gasteiger partial charge is 0.415 e. The summed E-state index contributed by atoms with van der Waals surface area (Å²) >= 11 is 1.91. The highest BCUT2D eigenvalue weighted by atomic mass is 32.2. The van der Waals surface area contributed by atoms with E-state index in [0.717, 1.165) is 23.6 Å². The first-order valence-corrected chi connectivity index (χ1v) is 8.97. The number of aromatic nitrogens is 3. The Morgan fingerprint density at radius 3 is 3.09 bits per heavy atom. The van der Waals surface area contributed by atoms with E-state index >= 15 is 0 Å². The standard InChI is InChI=1S/C18H18N3OS/c1-22-15-10-11-20-17-12(15)6-2-5-9-16(17)23-21-14-8-4-3-7-13(14)19-18(20)21/h3-4,7-8,10-11,16H,2,5-6,9H2,1H3/q+1. The largest absolute Gasteiger partial charge is 0.496 e. The molecular formula is C18H18N3OS+. The summed E-state index contributed by atoms with van der Waals surface area (Å²) in [6.45, 7) is 0. The predicted molar refractivity (Wildman–Crippen MR) is 91.1 cm³/mol. The molecule has 23 heavy (non-hydrogen) atoms. The summed E-state index contributed by atoms with van der Waals surface area (Å²) in [7, 11) is 1.77. The van der Waals surface area contributed by atoms with Gasteiger partial charge in [-0.2, -0.15) is 3.97 Å². The number of pyridine rings is 1. The molecule has 3 heterocycles. The van der Waals surface area contributed by atoms with Gasteiger partial charge in [0, 0.05) is 23.6 Å². The van der Waals surface area contributed by atoms with Crippen LogP contribution in [0.4, 0.5) is 0 Å². The van der Waals surface area contributed by atoms with Crippen LogP contribution in [0.3, 0.4) is 0 Å². The van der Waals surface area contributed by atoms with Crippen LogP contribution in [0.1, 0.15) is 35.8 Å². The number of ether oxygens (including phenoxy) is 1. The van der Waals surface area contributed by atoms with Crippen LogP contribution in [0.5, 0.6) is 5.75 Å². The molecule has 5 rings (SSSR count). The Morgan fingerprint density at radius 1 is 1.26 bits per heavy atom. The van der Waals surface area contributed by atoms with E-state index in [2.05, 4.69) is 45.1 Å². The molecule has 2 aromatic heterocycles. The molecule has 0 fully saturated rings. The van der Waals surface area contributed by atoms with Crippen molar-refractivity contribution in [3.05, 3.63) is 47.8 Å². The molecule has 0 N–H and O–H groups in total. The molecular weight excluding hydrogens is 306 g/mol. The van der Waals surface area contributed by atoms with Gasteiger partial charge >= 0.3 is 5.95 Å². The summed E-state index contributed by atoms with van der Waals surface area (Å²) in [6.07, 6.45) is 6.91. The van der Waals surface area contributed by atoms with E-state index in [1.165, 1.54) is 36.0 Å². The van der Waals surface area contributed by atoms with Crippen LogP contribution in [0.2, 0.25) is 0 Å². The zero-order valence-electron chi connectivity index (χ0n) is 13.0. The molecule has 2 aliphatic rings. The van der Waals surface area contributed by atoms with Crippen LogP contribution in [0, 0.1) is 0 Å². The van der Waals surface area contributed by atoms with Gasteiger partial charge in [-0.1, -0.05) is 23.5 Å². The number of hydrogen-bond donors (Lipinski definition) is 0. The molecule has 1 atom stereocenters. The zero-order chi connectivity index (χ0) is 15.4. The molecule has 0 bridgehead atoms. The molecule has 0 saturated carbocycles. The highest BCUT2D eigenvalue weighted by Gasteiger charge is 2.38. The number of imidazole rings is 1. The maximum atomic E-state index is 5.64. The lowest BCUT2D eigenvalue weighted by atomic mass is 10.1. The SMILES string of the molecule is COc1cc[n+]2c3c1CCCCC3Sn1c-2nc2ccccc21. The summed E-state index contributed by atoms with van der Waals surface area (Å²) in [6, 6.07) is 10.5. The van der Waals surface area contributed by atoms with E-state index in [-0.39, 0.29) is 0 Å². The molecule has 1 aliphatic carbocycles. The summed E-state index contributed by atoms with van der Waals surface area (Å²) in [5.41, 5.74) is 5.01. The van der Waals surface area contributed by atoms with Crippen LogP contribution in [0.15, 0.2) is 36.5 Å². The fourth-order valence-electron chi connectivity index (χ4n) is 3.81. The van der Waals surface area contributed by atoms with Crippen molar-refractivity contribution < 1.29 is 9.30 Å². The van der Waals surface area contributed by atoms with E-state index in [1.54, 1.807) is 7.11 Å². The molecule has 116 valence electrons. The second kappa shape index (κ2) is 4.99. The van der Waals surface area contributed by atoms with Gasteiger partial charge in [-0.05, 0) is 31.4 Å². The Hall–Kier alpha value is -2.01. The van der Waals surface area contributed by atoms with Crippen LogP contribution in [-0.2, 0) is 6.42 Å². The van der Waals surface area contributed by atoms with Gasteiger partial charge in [-0.25, -0.2) is 4.57 Å². The molecule has 0 spiro atoms. The molecule has 0 saturated heterocycles. The van der Waals surface area contributed by atoms with Crippen LogP contribution in [0.25, 0.3) is 17.0 Å². The maximum absolute atomic E-state index is 5.64. The highest BCUT2D eigenvalue weighted by molar-refractivity contribution is 7.98. The van der Waals surface area contributed by atoms with Gasteiger partial charge in [-0.3, -0.25) is 0 Å². The van der Waals surface area contributed by atoms with Crippen LogP contribution >= 0.6 is 11.9 Å². The molecule has 1 aliphatic heterocycles. The Labute approximate surface area is 139 Å². The van der Waals surface area contributed by atoms with Gasteiger partial charge in [0.15, 0.2) is 11.0 Å². The summed E-state index contributed by atoms with van der Waals surface area (Å²) in [4.78, 5) is 4.88. The number of nitrogens with zero attached hydrogens (tertiary/aromatic N) is 3. The maximum Gasteiger partial charge on any atom is 0.415 e. The van der Waals surface area contributed by atoms with Crippen molar-refractivity contribution in [2.75, 3.05) is 7.11 Å². The average Bonchev–Trinajstić information content (AvgIpc) is 2.83.